The summed E-state index contributed by atoms with van der Waals surface area (Å²) < 4.78 is 39.0. The zero-order chi connectivity index (χ0) is 25.3. The van der Waals surface area contributed by atoms with Crippen LogP contribution in [0.5, 0.6) is 0 Å². The molecule has 35 heavy (non-hydrogen) atoms. The first-order valence-electron chi connectivity index (χ1n) is 10.7. The molecule has 0 saturated heterocycles. The Labute approximate surface area is 207 Å². The minimum absolute atomic E-state index is 0.0112. The van der Waals surface area contributed by atoms with Gasteiger partial charge in [0.25, 0.3) is 5.91 Å². The number of pyridine rings is 2. The molecule has 0 fully saturated rings. The third-order valence-corrected chi connectivity index (χ3v) is 6.92. The van der Waals surface area contributed by atoms with Crippen molar-refractivity contribution in [1.82, 2.24) is 9.97 Å². The van der Waals surface area contributed by atoms with Crippen LogP contribution < -0.4 is 10.6 Å². The average Bonchev–Trinajstić information content (AvgIpc) is 2.82. The number of carbonyl (C=O) groups excluding carboxylic acids is 1. The predicted octanol–water partition coefficient (Wildman–Crippen LogP) is 4.82. The van der Waals surface area contributed by atoms with Crippen LogP contribution in [0.25, 0.3) is 10.9 Å². The Hall–Kier alpha value is -3.56. The molecule has 2 aromatic heterocycles. The third kappa shape index (κ3) is 5.26. The van der Waals surface area contributed by atoms with Gasteiger partial charge in [-0.1, -0.05) is 30.7 Å². The van der Waals surface area contributed by atoms with Gasteiger partial charge in [0, 0.05) is 23.5 Å². The van der Waals surface area contributed by atoms with Crippen LogP contribution in [-0.4, -0.2) is 30.5 Å². The second-order valence-corrected chi connectivity index (χ2v) is 10.4. The quantitative estimate of drug-likeness (QED) is 0.397. The topological polar surface area (TPSA) is 106 Å². The van der Waals surface area contributed by atoms with Gasteiger partial charge in [0.15, 0.2) is 9.84 Å². The molecule has 7 nitrogen and oxygen atoms in total. The summed E-state index contributed by atoms with van der Waals surface area (Å²) in [5, 5.41) is 1.08. The van der Waals surface area contributed by atoms with Crippen molar-refractivity contribution in [2.75, 3.05) is 16.9 Å². The summed E-state index contributed by atoms with van der Waals surface area (Å²) in [6, 6.07) is 13.7. The maximum Gasteiger partial charge on any atom is 0.260 e. The van der Waals surface area contributed by atoms with Crippen molar-refractivity contribution in [1.29, 1.82) is 0 Å². The van der Waals surface area contributed by atoms with Gasteiger partial charge in [0.05, 0.1) is 33.2 Å². The van der Waals surface area contributed by atoms with E-state index in [9.17, 15) is 17.6 Å². The van der Waals surface area contributed by atoms with Crippen LogP contribution in [0.3, 0.4) is 0 Å². The van der Waals surface area contributed by atoms with Gasteiger partial charge in [-0.15, -0.1) is 0 Å². The summed E-state index contributed by atoms with van der Waals surface area (Å²) >= 11 is 6.06. The molecule has 4 rings (SSSR count). The van der Waals surface area contributed by atoms with Gasteiger partial charge < -0.3 is 10.6 Å². The van der Waals surface area contributed by atoms with Crippen LogP contribution >= 0.6 is 11.6 Å². The zero-order valence-corrected chi connectivity index (χ0v) is 20.6. The molecule has 0 aliphatic carbocycles. The molecule has 0 bridgehead atoms. The van der Waals surface area contributed by atoms with Crippen molar-refractivity contribution in [2.45, 2.75) is 24.8 Å². The molecule has 1 amide bonds. The first kappa shape index (κ1) is 24.6. The van der Waals surface area contributed by atoms with Gasteiger partial charge in [-0.25, -0.2) is 17.8 Å². The standard InChI is InChI=1S/C25H22ClFN4O3S/c1-3-19-8-6-17(13-29-19)25(32)31(22-9-7-18(27)12-23(22)35(2,33)34)14-15-4-5-16-11-20(26)24(28)30-21(16)10-15/h4-13H,3,14H2,1-2H3,(H2,28,30). The van der Waals surface area contributed by atoms with E-state index in [1.54, 1.807) is 36.4 Å². The lowest BCUT2D eigenvalue weighted by Gasteiger charge is -2.25. The number of aromatic nitrogens is 2. The van der Waals surface area contributed by atoms with Gasteiger partial charge in [-0.05, 0) is 54.4 Å². The van der Waals surface area contributed by atoms with E-state index < -0.39 is 21.6 Å². The number of nitrogen functional groups attached to an aromatic ring is 1. The van der Waals surface area contributed by atoms with Crippen LogP contribution in [0.1, 0.15) is 28.5 Å². The number of amides is 1. The molecule has 180 valence electrons. The van der Waals surface area contributed by atoms with E-state index in [1.165, 1.54) is 17.2 Å². The van der Waals surface area contributed by atoms with Crippen LogP contribution in [0.2, 0.25) is 5.02 Å². The molecular weight excluding hydrogens is 491 g/mol. The van der Waals surface area contributed by atoms with Gasteiger partial charge in [0.2, 0.25) is 0 Å². The van der Waals surface area contributed by atoms with E-state index in [4.69, 9.17) is 17.3 Å². The maximum atomic E-state index is 14.0. The van der Waals surface area contributed by atoms with Crippen molar-refractivity contribution >= 4 is 49.8 Å². The number of sulfone groups is 1. The average molecular weight is 513 g/mol. The Bertz CT molecular complexity index is 1540. The summed E-state index contributed by atoms with van der Waals surface area (Å²) in [7, 11) is -3.86. The second kappa shape index (κ2) is 9.59. The molecule has 4 aromatic rings. The smallest absolute Gasteiger partial charge is 0.260 e. The van der Waals surface area contributed by atoms with E-state index in [1.807, 2.05) is 6.92 Å². The number of aryl methyl sites for hydroxylation is 1. The number of benzene rings is 2. The van der Waals surface area contributed by atoms with Crippen LogP contribution in [0, 0.1) is 5.82 Å². The Morgan fingerprint density at radius 2 is 1.89 bits per heavy atom. The van der Waals surface area contributed by atoms with Gasteiger partial charge >= 0.3 is 0 Å². The highest BCUT2D eigenvalue weighted by atomic mass is 35.5. The highest BCUT2D eigenvalue weighted by Crippen LogP contribution is 2.30. The zero-order valence-electron chi connectivity index (χ0n) is 19.0. The summed E-state index contributed by atoms with van der Waals surface area (Å²) in [4.78, 5) is 23.2. The number of nitrogens with zero attached hydrogens (tertiary/aromatic N) is 3. The first-order chi connectivity index (χ1) is 16.6. The Balaban J connectivity index is 1.84. The van der Waals surface area contributed by atoms with Crippen molar-refractivity contribution in [2.24, 2.45) is 0 Å². The van der Waals surface area contributed by atoms with Crippen molar-refractivity contribution < 1.29 is 17.6 Å². The number of nitrogens with two attached hydrogens (primary N) is 1. The maximum absolute atomic E-state index is 14.0. The highest BCUT2D eigenvalue weighted by Gasteiger charge is 2.25. The van der Waals surface area contributed by atoms with Crippen LogP contribution in [0.15, 0.2) is 65.7 Å². The van der Waals surface area contributed by atoms with Crippen LogP contribution in [0.4, 0.5) is 15.9 Å². The fraction of sp³-hybridized carbons (Fsp3) is 0.160. The second-order valence-electron chi connectivity index (χ2n) is 8.05. The molecule has 2 heterocycles. The molecular formula is C25H22ClFN4O3S. The predicted molar refractivity (Wildman–Crippen MR) is 135 cm³/mol. The summed E-state index contributed by atoms with van der Waals surface area (Å²) in [6.45, 7) is 1.93. The lowest BCUT2D eigenvalue weighted by atomic mass is 10.1. The lowest BCUT2D eigenvalue weighted by Crippen LogP contribution is -2.32. The van der Waals surface area contributed by atoms with E-state index in [-0.39, 0.29) is 28.5 Å². The molecule has 0 saturated carbocycles. The molecule has 10 heteroatoms. The Morgan fingerprint density at radius 3 is 2.54 bits per heavy atom. The van der Waals surface area contributed by atoms with Gasteiger partial charge in [-0.2, -0.15) is 0 Å². The number of hydrogen-bond acceptors (Lipinski definition) is 6. The summed E-state index contributed by atoms with van der Waals surface area (Å²) in [5.74, 6) is -1.04. The largest absolute Gasteiger partial charge is 0.382 e. The fourth-order valence-electron chi connectivity index (χ4n) is 3.67. The minimum atomic E-state index is -3.86. The highest BCUT2D eigenvalue weighted by molar-refractivity contribution is 7.90. The van der Waals surface area contributed by atoms with Crippen molar-refractivity contribution in [3.8, 4) is 0 Å². The van der Waals surface area contributed by atoms with E-state index in [0.29, 0.717) is 22.5 Å². The SMILES string of the molecule is CCc1ccc(C(=O)N(Cc2ccc3cc(Cl)c(N)nc3c2)c2ccc(F)cc2S(C)(=O)=O)cn1. The van der Waals surface area contributed by atoms with E-state index in [0.717, 1.165) is 29.5 Å². The Morgan fingerprint density at radius 1 is 1.11 bits per heavy atom. The summed E-state index contributed by atoms with van der Waals surface area (Å²) in [6.07, 6.45) is 3.12. The van der Waals surface area contributed by atoms with Crippen molar-refractivity contribution in [3.63, 3.8) is 0 Å². The number of halogens is 2. The van der Waals surface area contributed by atoms with Crippen molar-refractivity contribution in [3.05, 3.63) is 88.5 Å². The molecule has 0 unspecified atom stereocenters. The van der Waals surface area contributed by atoms with E-state index >= 15 is 0 Å². The fourth-order valence-corrected chi connectivity index (χ4v) is 4.72. The molecule has 0 aliphatic rings. The molecule has 0 aliphatic heterocycles. The van der Waals surface area contributed by atoms with Gasteiger partial charge in [-0.3, -0.25) is 9.78 Å². The van der Waals surface area contributed by atoms with Crippen LogP contribution in [-0.2, 0) is 22.8 Å². The lowest BCUT2D eigenvalue weighted by molar-refractivity contribution is 0.0984. The monoisotopic (exact) mass is 512 g/mol. The first-order valence-corrected chi connectivity index (χ1v) is 12.9. The van der Waals surface area contributed by atoms with Gasteiger partial charge in [0.1, 0.15) is 11.6 Å². The number of fused-ring (bicyclic) bond motifs is 1. The molecule has 0 atom stereocenters. The number of rotatable bonds is 6. The molecule has 0 radical (unpaired) electrons. The Kier molecular flexibility index (Phi) is 6.73. The number of hydrogen-bond donors (Lipinski definition) is 1. The molecule has 2 aromatic carbocycles. The minimum Gasteiger partial charge on any atom is -0.382 e. The number of carbonyl (C=O) groups is 1. The number of anilines is 2. The third-order valence-electron chi connectivity index (χ3n) is 5.49. The normalized spacial score (nSPS) is 11.5. The molecule has 2 N–H and O–H groups in total. The van der Waals surface area contributed by atoms with E-state index in [2.05, 4.69) is 9.97 Å². The molecule has 0 spiro atoms. The summed E-state index contributed by atoms with van der Waals surface area (Å²) in [5.41, 5.74) is 8.19.